The molecule has 2 heterocycles. The summed E-state index contributed by atoms with van der Waals surface area (Å²) in [6.45, 7) is 3.04. The molecule has 1 aromatic heterocycles. The lowest BCUT2D eigenvalue weighted by Gasteiger charge is -2.33. The number of fused-ring (bicyclic) bond motifs is 1. The summed E-state index contributed by atoms with van der Waals surface area (Å²) in [7, 11) is 0. The number of rotatable bonds is 5. The second-order valence-electron chi connectivity index (χ2n) is 6.97. The molecule has 0 radical (unpaired) electrons. The van der Waals surface area contributed by atoms with E-state index in [0.717, 1.165) is 31.7 Å². The fourth-order valence-corrected chi connectivity index (χ4v) is 3.78. The molecule has 4 N–H and O–H groups in total. The molecule has 2 aliphatic rings. The summed E-state index contributed by atoms with van der Waals surface area (Å²) in [5.74, 6) is -0.343. The average Bonchev–Trinajstić information content (AvgIpc) is 2.89. The van der Waals surface area contributed by atoms with Gasteiger partial charge in [0.25, 0.3) is 0 Å². The Labute approximate surface area is 143 Å². The fourth-order valence-electron chi connectivity index (χ4n) is 3.78. The van der Waals surface area contributed by atoms with Gasteiger partial charge < -0.3 is 16.2 Å². The molecule has 1 saturated carbocycles. The van der Waals surface area contributed by atoms with Gasteiger partial charge in [-0.25, -0.2) is 0 Å². The number of hydrogen-bond acceptors (Lipinski definition) is 5. The highest BCUT2D eigenvalue weighted by molar-refractivity contribution is 5.81. The van der Waals surface area contributed by atoms with Crippen LogP contribution in [0.2, 0.25) is 0 Å². The first-order chi connectivity index (χ1) is 11.7. The number of aromatic nitrogens is 2. The number of aliphatic hydroxyl groups excluding tert-OH is 1. The molecule has 1 aromatic rings. The summed E-state index contributed by atoms with van der Waals surface area (Å²) in [6.07, 6.45) is 7.83. The molecule has 1 aliphatic heterocycles. The molecule has 134 valence electrons. The maximum Gasteiger partial charge on any atom is 0.239 e. The van der Waals surface area contributed by atoms with Crippen LogP contribution in [0.4, 0.5) is 0 Å². The minimum absolute atomic E-state index is 0.343. The topological polar surface area (TPSA) is 96.4 Å². The number of carbonyl (C=O) groups is 1. The van der Waals surface area contributed by atoms with E-state index in [1.54, 1.807) is 0 Å². The molecule has 7 nitrogen and oxygen atoms in total. The van der Waals surface area contributed by atoms with E-state index in [2.05, 4.69) is 26.1 Å². The predicted octanol–water partition coefficient (Wildman–Crippen LogP) is 0.357. The zero-order valence-corrected chi connectivity index (χ0v) is 14.3. The molecular weight excluding hydrogens is 306 g/mol. The van der Waals surface area contributed by atoms with Crippen LogP contribution < -0.4 is 11.1 Å². The van der Waals surface area contributed by atoms with E-state index in [-0.39, 0.29) is 12.5 Å². The normalized spacial score (nSPS) is 21.1. The molecule has 0 bridgehead atoms. The predicted molar refractivity (Wildman–Crippen MR) is 91.0 cm³/mol. The van der Waals surface area contributed by atoms with Crippen LogP contribution in [-0.2, 0) is 24.4 Å². The molecule has 1 fully saturated rings. The van der Waals surface area contributed by atoms with E-state index in [9.17, 15) is 4.79 Å². The van der Waals surface area contributed by atoms with Gasteiger partial charge in [-0.2, -0.15) is 5.10 Å². The molecule has 0 saturated heterocycles. The van der Waals surface area contributed by atoms with Crippen molar-refractivity contribution in [1.82, 2.24) is 20.0 Å². The van der Waals surface area contributed by atoms with Gasteiger partial charge in [0, 0.05) is 25.7 Å². The van der Waals surface area contributed by atoms with Crippen LogP contribution in [0.25, 0.3) is 0 Å². The van der Waals surface area contributed by atoms with Gasteiger partial charge in [0.15, 0.2) is 0 Å². The van der Waals surface area contributed by atoms with Crippen molar-refractivity contribution >= 4 is 5.91 Å². The number of aliphatic hydroxyl groups is 1. The number of carbonyl (C=O) groups excluding carboxylic acids is 1. The third-order valence-electron chi connectivity index (χ3n) is 5.16. The summed E-state index contributed by atoms with van der Waals surface area (Å²) >= 11 is 0. The Morgan fingerprint density at radius 2 is 2.12 bits per heavy atom. The van der Waals surface area contributed by atoms with Gasteiger partial charge in [0.05, 0.1) is 24.5 Å². The van der Waals surface area contributed by atoms with Gasteiger partial charge in [-0.05, 0) is 25.3 Å². The minimum atomic E-state index is -0.868. The SMILES string of the molecule is N[C@@H](CO)C(=O)NCc1cc2n(n1)CCCN(C1CCCCC1)C2. The van der Waals surface area contributed by atoms with Crippen molar-refractivity contribution in [3.05, 3.63) is 17.5 Å². The van der Waals surface area contributed by atoms with Gasteiger partial charge in [-0.3, -0.25) is 14.4 Å². The number of amides is 1. The molecule has 0 unspecified atom stereocenters. The third kappa shape index (κ3) is 4.15. The molecule has 1 atom stereocenters. The molecular formula is C17H29N5O2. The van der Waals surface area contributed by atoms with E-state index in [1.165, 1.54) is 37.8 Å². The van der Waals surface area contributed by atoms with Crippen molar-refractivity contribution in [1.29, 1.82) is 0 Å². The summed E-state index contributed by atoms with van der Waals surface area (Å²) < 4.78 is 2.08. The van der Waals surface area contributed by atoms with Crippen molar-refractivity contribution in [2.24, 2.45) is 5.73 Å². The van der Waals surface area contributed by atoms with E-state index in [0.29, 0.717) is 12.6 Å². The number of nitrogens with one attached hydrogen (secondary N) is 1. The quantitative estimate of drug-likeness (QED) is 0.722. The van der Waals surface area contributed by atoms with Crippen LogP contribution in [0.15, 0.2) is 6.07 Å². The largest absolute Gasteiger partial charge is 0.394 e. The number of nitrogens with zero attached hydrogens (tertiary/aromatic N) is 3. The monoisotopic (exact) mass is 335 g/mol. The Morgan fingerprint density at radius 3 is 2.88 bits per heavy atom. The average molecular weight is 335 g/mol. The minimum Gasteiger partial charge on any atom is -0.394 e. The van der Waals surface area contributed by atoms with Gasteiger partial charge >= 0.3 is 0 Å². The van der Waals surface area contributed by atoms with Crippen molar-refractivity contribution in [2.45, 2.75) is 70.2 Å². The first-order valence-electron chi connectivity index (χ1n) is 9.11. The number of nitrogens with two attached hydrogens (primary N) is 1. The maximum atomic E-state index is 11.7. The second-order valence-corrected chi connectivity index (χ2v) is 6.97. The Balaban J connectivity index is 1.61. The lowest BCUT2D eigenvalue weighted by molar-refractivity contribution is -0.123. The zero-order chi connectivity index (χ0) is 16.9. The van der Waals surface area contributed by atoms with E-state index in [4.69, 9.17) is 10.8 Å². The number of hydrogen-bond donors (Lipinski definition) is 3. The summed E-state index contributed by atoms with van der Waals surface area (Å²) in [5.41, 5.74) is 7.59. The van der Waals surface area contributed by atoms with Gasteiger partial charge in [0.1, 0.15) is 6.04 Å². The van der Waals surface area contributed by atoms with Crippen molar-refractivity contribution in [3.8, 4) is 0 Å². The standard InChI is InChI=1S/C17H29N5O2/c18-16(12-23)17(24)19-10-13-9-15-11-21(7-4-8-22(15)20-13)14-5-2-1-3-6-14/h9,14,16,23H,1-8,10-12,18H2,(H,19,24)/t16-/m0/s1. The zero-order valence-electron chi connectivity index (χ0n) is 14.3. The molecule has 3 rings (SSSR count). The van der Waals surface area contributed by atoms with Crippen LogP contribution >= 0.6 is 0 Å². The van der Waals surface area contributed by atoms with Crippen molar-refractivity contribution in [2.75, 3.05) is 13.2 Å². The van der Waals surface area contributed by atoms with Crippen molar-refractivity contribution < 1.29 is 9.90 Å². The van der Waals surface area contributed by atoms with Gasteiger partial charge in [-0.1, -0.05) is 19.3 Å². The highest BCUT2D eigenvalue weighted by Gasteiger charge is 2.24. The molecule has 1 aliphatic carbocycles. The van der Waals surface area contributed by atoms with Crippen LogP contribution in [0.3, 0.4) is 0 Å². The lowest BCUT2D eigenvalue weighted by Crippen LogP contribution is -2.42. The summed E-state index contributed by atoms with van der Waals surface area (Å²) in [5, 5.41) is 16.3. The van der Waals surface area contributed by atoms with E-state index >= 15 is 0 Å². The molecule has 0 aromatic carbocycles. The molecule has 24 heavy (non-hydrogen) atoms. The van der Waals surface area contributed by atoms with Crippen molar-refractivity contribution in [3.63, 3.8) is 0 Å². The first kappa shape index (κ1) is 17.4. The molecule has 0 spiro atoms. The Morgan fingerprint density at radius 1 is 1.33 bits per heavy atom. The summed E-state index contributed by atoms with van der Waals surface area (Å²) in [4.78, 5) is 14.3. The van der Waals surface area contributed by atoms with Crippen LogP contribution in [-0.4, -0.2) is 50.9 Å². The van der Waals surface area contributed by atoms with Gasteiger partial charge in [0.2, 0.25) is 5.91 Å². The Hall–Kier alpha value is -1.44. The second kappa shape index (κ2) is 8.09. The number of aryl methyl sites for hydroxylation is 1. The van der Waals surface area contributed by atoms with Crippen LogP contribution in [0, 0.1) is 0 Å². The van der Waals surface area contributed by atoms with Crippen LogP contribution in [0.5, 0.6) is 0 Å². The Kier molecular flexibility index (Phi) is 5.86. The summed E-state index contributed by atoms with van der Waals surface area (Å²) in [6, 6.07) is 1.93. The van der Waals surface area contributed by atoms with Gasteiger partial charge in [-0.15, -0.1) is 0 Å². The third-order valence-corrected chi connectivity index (χ3v) is 5.16. The smallest absolute Gasteiger partial charge is 0.239 e. The molecule has 1 amide bonds. The lowest BCUT2D eigenvalue weighted by atomic mass is 9.94. The van der Waals surface area contributed by atoms with E-state index < -0.39 is 6.04 Å². The van der Waals surface area contributed by atoms with E-state index in [1.807, 2.05) is 0 Å². The maximum absolute atomic E-state index is 11.7. The highest BCUT2D eigenvalue weighted by atomic mass is 16.3. The highest BCUT2D eigenvalue weighted by Crippen LogP contribution is 2.25. The molecule has 7 heteroatoms. The Bertz CT molecular complexity index is 553. The van der Waals surface area contributed by atoms with Crippen LogP contribution in [0.1, 0.15) is 49.9 Å². The fraction of sp³-hybridized carbons (Fsp3) is 0.765. The first-order valence-corrected chi connectivity index (χ1v) is 9.11.